The fourth-order valence-corrected chi connectivity index (χ4v) is 2.64. The van der Waals surface area contributed by atoms with Crippen LogP contribution in [-0.4, -0.2) is 19.9 Å². The molecule has 1 unspecified atom stereocenters. The van der Waals surface area contributed by atoms with Crippen LogP contribution in [0.15, 0.2) is 53.4 Å². The predicted octanol–water partition coefficient (Wildman–Crippen LogP) is 4.31. The van der Waals surface area contributed by atoms with Gasteiger partial charge in [0.25, 0.3) is 0 Å². The van der Waals surface area contributed by atoms with E-state index in [2.05, 4.69) is 54.9 Å². The molecule has 0 aliphatic carbocycles. The predicted molar refractivity (Wildman–Crippen MR) is 91.3 cm³/mol. The molecule has 0 spiro atoms. The Morgan fingerprint density at radius 3 is 2.29 bits per heavy atom. The van der Waals surface area contributed by atoms with E-state index in [0.29, 0.717) is 6.04 Å². The maximum absolute atomic E-state index is 5.17. The lowest BCUT2D eigenvalue weighted by atomic mass is 10.1. The average molecular weight is 301 g/mol. The highest BCUT2D eigenvalue weighted by atomic mass is 32.2. The fourth-order valence-electron chi connectivity index (χ4n) is 2.24. The van der Waals surface area contributed by atoms with Gasteiger partial charge in [0.1, 0.15) is 5.75 Å². The Kier molecular flexibility index (Phi) is 6.15. The molecule has 1 N–H and O–H groups in total. The van der Waals surface area contributed by atoms with E-state index in [1.54, 1.807) is 18.9 Å². The van der Waals surface area contributed by atoms with Gasteiger partial charge in [0.15, 0.2) is 0 Å². The summed E-state index contributed by atoms with van der Waals surface area (Å²) in [5.41, 5.74) is 2.66. The van der Waals surface area contributed by atoms with Gasteiger partial charge in [-0.05, 0) is 61.5 Å². The second-order valence-corrected chi connectivity index (χ2v) is 5.93. The average Bonchev–Trinajstić information content (AvgIpc) is 2.55. The minimum atomic E-state index is 0.374. The van der Waals surface area contributed by atoms with Crippen molar-refractivity contribution in [1.29, 1.82) is 0 Å². The van der Waals surface area contributed by atoms with Crippen LogP contribution in [0.3, 0.4) is 0 Å². The Morgan fingerprint density at radius 1 is 1.05 bits per heavy atom. The van der Waals surface area contributed by atoms with Crippen molar-refractivity contribution in [3.8, 4) is 5.75 Å². The molecule has 0 aliphatic heterocycles. The van der Waals surface area contributed by atoms with Crippen LogP contribution < -0.4 is 10.1 Å². The summed E-state index contributed by atoms with van der Waals surface area (Å²) in [6, 6.07) is 17.4. The van der Waals surface area contributed by atoms with Gasteiger partial charge in [-0.3, -0.25) is 0 Å². The van der Waals surface area contributed by atoms with E-state index in [0.717, 1.165) is 18.7 Å². The summed E-state index contributed by atoms with van der Waals surface area (Å²) in [7, 11) is 1.70. The number of hydrogen-bond donors (Lipinski definition) is 1. The smallest absolute Gasteiger partial charge is 0.118 e. The van der Waals surface area contributed by atoms with Gasteiger partial charge in [-0.1, -0.05) is 24.3 Å². The number of benzene rings is 2. The largest absolute Gasteiger partial charge is 0.497 e. The highest BCUT2D eigenvalue weighted by molar-refractivity contribution is 7.98. The van der Waals surface area contributed by atoms with Crippen LogP contribution in [-0.2, 0) is 6.42 Å². The summed E-state index contributed by atoms with van der Waals surface area (Å²) in [4.78, 5) is 1.31. The van der Waals surface area contributed by atoms with Gasteiger partial charge in [-0.15, -0.1) is 11.8 Å². The molecule has 3 heteroatoms. The molecular weight excluding hydrogens is 278 g/mol. The first-order valence-electron chi connectivity index (χ1n) is 7.23. The van der Waals surface area contributed by atoms with Gasteiger partial charge in [0.2, 0.25) is 0 Å². The Balaban J connectivity index is 1.81. The van der Waals surface area contributed by atoms with E-state index in [4.69, 9.17) is 4.74 Å². The third-order valence-corrected chi connectivity index (χ3v) is 4.38. The van der Waals surface area contributed by atoms with Gasteiger partial charge in [0, 0.05) is 10.9 Å². The Bertz CT molecular complexity index is 536. The van der Waals surface area contributed by atoms with E-state index in [-0.39, 0.29) is 0 Å². The second kappa shape index (κ2) is 8.11. The lowest BCUT2D eigenvalue weighted by Crippen LogP contribution is -2.21. The molecule has 21 heavy (non-hydrogen) atoms. The zero-order valence-corrected chi connectivity index (χ0v) is 13.7. The van der Waals surface area contributed by atoms with Gasteiger partial charge in [0.05, 0.1) is 7.11 Å². The first kappa shape index (κ1) is 15.9. The van der Waals surface area contributed by atoms with Gasteiger partial charge in [-0.2, -0.15) is 0 Å². The second-order valence-electron chi connectivity index (χ2n) is 5.05. The van der Waals surface area contributed by atoms with Crippen molar-refractivity contribution in [2.45, 2.75) is 24.3 Å². The first-order valence-corrected chi connectivity index (χ1v) is 8.45. The number of ether oxygens (including phenoxy) is 1. The van der Waals surface area contributed by atoms with Crippen LogP contribution in [0, 0.1) is 0 Å². The minimum absolute atomic E-state index is 0.374. The highest BCUT2D eigenvalue weighted by Gasteiger charge is 2.04. The third kappa shape index (κ3) is 4.80. The molecule has 2 aromatic rings. The maximum atomic E-state index is 5.17. The normalized spacial score (nSPS) is 12.1. The maximum Gasteiger partial charge on any atom is 0.118 e. The molecule has 0 fully saturated rings. The molecular formula is C18H23NOS. The molecule has 0 aliphatic rings. The molecule has 0 heterocycles. The van der Waals surface area contributed by atoms with E-state index >= 15 is 0 Å². The van der Waals surface area contributed by atoms with Crippen molar-refractivity contribution in [3.05, 3.63) is 59.7 Å². The summed E-state index contributed by atoms with van der Waals surface area (Å²) in [6.45, 7) is 3.18. The summed E-state index contributed by atoms with van der Waals surface area (Å²) in [5.74, 6) is 0.911. The van der Waals surface area contributed by atoms with E-state index in [1.807, 2.05) is 12.1 Å². The number of methoxy groups -OCH3 is 1. The molecule has 0 amide bonds. The van der Waals surface area contributed by atoms with Crippen molar-refractivity contribution in [2.24, 2.45) is 0 Å². The molecule has 2 aromatic carbocycles. The molecule has 112 valence electrons. The fraction of sp³-hybridized carbons (Fsp3) is 0.333. The summed E-state index contributed by atoms with van der Waals surface area (Å²) in [5, 5.41) is 3.58. The molecule has 0 saturated heterocycles. The number of rotatable bonds is 7. The summed E-state index contributed by atoms with van der Waals surface area (Å²) >= 11 is 1.78. The molecule has 0 bridgehead atoms. The van der Waals surface area contributed by atoms with Crippen molar-refractivity contribution in [3.63, 3.8) is 0 Å². The zero-order valence-electron chi connectivity index (χ0n) is 12.9. The van der Waals surface area contributed by atoms with E-state index < -0.39 is 0 Å². The van der Waals surface area contributed by atoms with E-state index in [9.17, 15) is 0 Å². The lowest BCUT2D eigenvalue weighted by molar-refractivity contribution is 0.414. The standard InChI is InChI=1S/C18H23NOS/c1-14(16-6-10-18(21-3)11-7-16)19-13-12-15-4-8-17(20-2)9-5-15/h4-11,14,19H,12-13H2,1-3H3. The van der Waals surface area contributed by atoms with Crippen molar-refractivity contribution < 1.29 is 4.74 Å². The topological polar surface area (TPSA) is 21.3 Å². The Labute approximate surface area is 131 Å². The lowest BCUT2D eigenvalue weighted by Gasteiger charge is -2.14. The summed E-state index contributed by atoms with van der Waals surface area (Å²) in [6.07, 6.45) is 3.13. The van der Waals surface area contributed by atoms with Crippen LogP contribution in [0.1, 0.15) is 24.1 Å². The third-order valence-electron chi connectivity index (χ3n) is 3.64. The van der Waals surface area contributed by atoms with Crippen LogP contribution >= 0.6 is 11.8 Å². The molecule has 0 aromatic heterocycles. The van der Waals surface area contributed by atoms with Crippen LogP contribution in [0.4, 0.5) is 0 Å². The van der Waals surface area contributed by atoms with Crippen molar-refractivity contribution >= 4 is 11.8 Å². The minimum Gasteiger partial charge on any atom is -0.497 e. The number of hydrogen-bond acceptors (Lipinski definition) is 3. The molecule has 0 radical (unpaired) electrons. The first-order chi connectivity index (χ1) is 10.2. The Hall–Kier alpha value is -1.45. The van der Waals surface area contributed by atoms with E-state index in [1.165, 1.54) is 16.0 Å². The van der Waals surface area contributed by atoms with Gasteiger partial charge in [-0.25, -0.2) is 0 Å². The van der Waals surface area contributed by atoms with Gasteiger partial charge >= 0.3 is 0 Å². The Morgan fingerprint density at radius 2 is 1.71 bits per heavy atom. The number of nitrogens with one attached hydrogen (secondary N) is 1. The molecule has 2 nitrogen and oxygen atoms in total. The van der Waals surface area contributed by atoms with Gasteiger partial charge < -0.3 is 10.1 Å². The molecule has 2 rings (SSSR count). The molecule has 0 saturated carbocycles. The quantitative estimate of drug-likeness (QED) is 0.770. The monoisotopic (exact) mass is 301 g/mol. The SMILES string of the molecule is COc1ccc(CCNC(C)c2ccc(SC)cc2)cc1. The van der Waals surface area contributed by atoms with Crippen LogP contribution in [0.25, 0.3) is 0 Å². The highest BCUT2D eigenvalue weighted by Crippen LogP contribution is 2.19. The number of thioether (sulfide) groups is 1. The summed E-state index contributed by atoms with van der Waals surface area (Å²) < 4.78 is 5.17. The van der Waals surface area contributed by atoms with Crippen molar-refractivity contribution in [2.75, 3.05) is 19.9 Å². The van der Waals surface area contributed by atoms with Crippen LogP contribution in [0.2, 0.25) is 0 Å². The van der Waals surface area contributed by atoms with Crippen molar-refractivity contribution in [1.82, 2.24) is 5.32 Å². The molecule has 1 atom stereocenters. The van der Waals surface area contributed by atoms with Crippen LogP contribution in [0.5, 0.6) is 5.75 Å². The zero-order chi connectivity index (χ0) is 15.1.